The predicted molar refractivity (Wildman–Crippen MR) is 61.7 cm³/mol. The molecule has 0 fully saturated rings. The summed E-state index contributed by atoms with van der Waals surface area (Å²) in [4.78, 5) is 0. The second-order valence-electron chi connectivity index (χ2n) is 4.03. The zero-order valence-corrected chi connectivity index (χ0v) is 10.7. The summed E-state index contributed by atoms with van der Waals surface area (Å²) in [6, 6.07) is 0. The first-order valence-corrected chi connectivity index (χ1v) is 5.60. The van der Waals surface area contributed by atoms with E-state index in [9.17, 15) is 5.11 Å². The summed E-state index contributed by atoms with van der Waals surface area (Å²) in [5.41, 5.74) is 3.10. The number of aromatic nitrogens is 4. The van der Waals surface area contributed by atoms with Crippen LogP contribution in [0.3, 0.4) is 0 Å². The van der Waals surface area contributed by atoms with Gasteiger partial charge in [-0.1, -0.05) is 10.4 Å². The molecule has 0 bridgehead atoms. The fourth-order valence-electron chi connectivity index (χ4n) is 1.79. The summed E-state index contributed by atoms with van der Waals surface area (Å²) >= 11 is 0. The van der Waals surface area contributed by atoms with Crippen LogP contribution in [0.25, 0.3) is 0 Å². The molecule has 0 atom stereocenters. The first kappa shape index (κ1) is 12.7. The van der Waals surface area contributed by atoms with Gasteiger partial charge in [0.15, 0.2) is 0 Å². The lowest BCUT2D eigenvalue weighted by Gasteiger charge is -2.06. The van der Waals surface area contributed by atoms with Gasteiger partial charge in [0, 0.05) is 12.7 Å². The van der Waals surface area contributed by atoms with Gasteiger partial charge in [-0.3, -0.25) is 0 Å². The molecule has 2 rings (SSSR count). The second kappa shape index (κ2) is 5.28. The highest BCUT2D eigenvalue weighted by Gasteiger charge is 2.16. The Morgan fingerprint density at radius 1 is 1.39 bits per heavy atom. The van der Waals surface area contributed by atoms with Gasteiger partial charge in [0.25, 0.3) is 0 Å². The molecule has 2 aromatic rings. The molecule has 0 aliphatic carbocycles. The molecule has 98 valence electrons. The highest BCUT2D eigenvalue weighted by molar-refractivity contribution is 5.22. The van der Waals surface area contributed by atoms with Crippen LogP contribution in [0.1, 0.15) is 28.4 Å². The number of ether oxygens (including phenoxy) is 1. The van der Waals surface area contributed by atoms with Crippen molar-refractivity contribution in [3.05, 3.63) is 28.4 Å². The fourth-order valence-corrected chi connectivity index (χ4v) is 1.79. The molecule has 7 nitrogen and oxygen atoms in total. The first-order chi connectivity index (χ1) is 8.67. The van der Waals surface area contributed by atoms with Gasteiger partial charge in [0.2, 0.25) is 0 Å². The molecule has 18 heavy (non-hydrogen) atoms. The standard InChI is InChI=1S/C11H16N4O3/c1-7-9(8(2)18-13-7)4-15-11(6-17-3)10(5-16)12-14-15/h16H,4-6H2,1-3H3. The fraction of sp³-hybridized carbons (Fsp3) is 0.545. The predicted octanol–water partition coefficient (Wildman–Crippen LogP) is 0.570. The van der Waals surface area contributed by atoms with Gasteiger partial charge in [-0.2, -0.15) is 0 Å². The molecule has 1 N–H and O–H groups in total. The molecule has 2 heterocycles. The summed E-state index contributed by atoms with van der Waals surface area (Å²) < 4.78 is 11.9. The van der Waals surface area contributed by atoms with Crippen LogP contribution in [0, 0.1) is 13.8 Å². The molecule has 0 spiro atoms. The van der Waals surface area contributed by atoms with E-state index in [0.717, 1.165) is 22.7 Å². The van der Waals surface area contributed by atoms with Gasteiger partial charge in [0.05, 0.1) is 31.1 Å². The third-order valence-electron chi connectivity index (χ3n) is 2.84. The van der Waals surface area contributed by atoms with Gasteiger partial charge >= 0.3 is 0 Å². The van der Waals surface area contributed by atoms with E-state index in [1.807, 2.05) is 13.8 Å². The molecule has 2 aromatic heterocycles. The lowest BCUT2D eigenvalue weighted by molar-refractivity contribution is 0.173. The van der Waals surface area contributed by atoms with Crippen LogP contribution in [0.2, 0.25) is 0 Å². The number of nitrogens with zero attached hydrogens (tertiary/aromatic N) is 4. The highest BCUT2D eigenvalue weighted by atomic mass is 16.5. The number of hydrogen-bond donors (Lipinski definition) is 1. The van der Waals surface area contributed by atoms with E-state index in [-0.39, 0.29) is 6.61 Å². The van der Waals surface area contributed by atoms with Crippen molar-refractivity contribution in [3.63, 3.8) is 0 Å². The van der Waals surface area contributed by atoms with Crippen LogP contribution < -0.4 is 0 Å². The van der Waals surface area contributed by atoms with Crippen LogP contribution in [-0.4, -0.2) is 32.4 Å². The molecular formula is C11H16N4O3. The third-order valence-corrected chi connectivity index (χ3v) is 2.84. The molecule has 0 radical (unpaired) electrons. The average Bonchev–Trinajstić information content (AvgIpc) is 2.88. The lowest BCUT2D eigenvalue weighted by atomic mass is 10.2. The number of aliphatic hydroxyl groups excluding tert-OH is 1. The highest BCUT2D eigenvalue weighted by Crippen LogP contribution is 2.16. The quantitative estimate of drug-likeness (QED) is 0.837. The Kier molecular flexibility index (Phi) is 3.73. The van der Waals surface area contributed by atoms with E-state index < -0.39 is 0 Å². The Morgan fingerprint density at radius 2 is 2.17 bits per heavy atom. The van der Waals surface area contributed by atoms with Crippen LogP contribution in [0.5, 0.6) is 0 Å². The van der Waals surface area contributed by atoms with E-state index in [1.54, 1.807) is 11.8 Å². The average molecular weight is 252 g/mol. The second-order valence-corrected chi connectivity index (χ2v) is 4.03. The van der Waals surface area contributed by atoms with Crippen LogP contribution in [0.4, 0.5) is 0 Å². The zero-order valence-electron chi connectivity index (χ0n) is 10.7. The van der Waals surface area contributed by atoms with Gasteiger partial charge in [-0.05, 0) is 13.8 Å². The smallest absolute Gasteiger partial charge is 0.138 e. The minimum atomic E-state index is -0.152. The van der Waals surface area contributed by atoms with Crippen molar-refractivity contribution < 1.29 is 14.4 Å². The molecule has 0 aliphatic heterocycles. The van der Waals surface area contributed by atoms with Crippen molar-refractivity contribution in [2.24, 2.45) is 0 Å². The number of rotatable bonds is 5. The molecular weight excluding hydrogens is 236 g/mol. The van der Waals surface area contributed by atoms with Crippen molar-refractivity contribution in [1.29, 1.82) is 0 Å². The first-order valence-electron chi connectivity index (χ1n) is 5.60. The minimum absolute atomic E-state index is 0.152. The molecule has 7 heteroatoms. The molecule has 0 aliphatic rings. The summed E-state index contributed by atoms with van der Waals surface area (Å²) in [5.74, 6) is 0.761. The molecule has 0 saturated carbocycles. The number of aryl methyl sites for hydroxylation is 2. The maximum Gasteiger partial charge on any atom is 0.138 e. The van der Waals surface area contributed by atoms with E-state index in [1.165, 1.54) is 0 Å². The number of aliphatic hydroxyl groups is 1. The van der Waals surface area contributed by atoms with Crippen LogP contribution >= 0.6 is 0 Å². The Balaban J connectivity index is 2.31. The van der Waals surface area contributed by atoms with Gasteiger partial charge in [-0.15, -0.1) is 5.10 Å². The van der Waals surface area contributed by atoms with Crippen molar-refractivity contribution in [3.8, 4) is 0 Å². The summed E-state index contributed by atoms with van der Waals surface area (Å²) in [6.45, 7) is 4.44. The monoisotopic (exact) mass is 252 g/mol. The van der Waals surface area contributed by atoms with Crippen LogP contribution in [0.15, 0.2) is 4.52 Å². The number of hydrogen-bond acceptors (Lipinski definition) is 6. The topological polar surface area (TPSA) is 86.2 Å². The van der Waals surface area contributed by atoms with Gasteiger partial charge < -0.3 is 14.4 Å². The zero-order chi connectivity index (χ0) is 13.1. The van der Waals surface area contributed by atoms with E-state index in [2.05, 4.69) is 15.5 Å². The van der Waals surface area contributed by atoms with Crippen molar-refractivity contribution >= 4 is 0 Å². The van der Waals surface area contributed by atoms with Crippen molar-refractivity contribution in [1.82, 2.24) is 20.2 Å². The van der Waals surface area contributed by atoms with E-state index in [0.29, 0.717) is 18.8 Å². The Bertz CT molecular complexity index is 513. The van der Waals surface area contributed by atoms with Gasteiger partial charge in [-0.25, -0.2) is 4.68 Å². The summed E-state index contributed by atoms with van der Waals surface area (Å²) in [7, 11) is 1.59. The molecule has 0 amide bonds. The van der Waals surface area contributed by atoms with Crippen LogP contribution in [-0.2, 0) is 24.5 Å². The molecule has 0 unspecified atom stereocenters. The lowest BCUT2D eigenvalue weighted by Crippen LogP contribution is -2.09. The SMILES string of the molecule is COCc1c(CO)nnn1Cc1c(C)noc1C. The molecule has 0 aromatic carbocycles. The Hall–Kier alpha value is -1.73. The summed E-state index contributed by atoms with van der Waals surface area (Å²) in [6.07, 6.45) is 0. The minimum Gasteiger partial charge on any atom is -0.390 e. The molecule has 0 saturated heterocycles. The van der Waals surface area contributed by atoms with Crippen molar-refractivity contribution in [2.45, 2.75) is 33.6 Å². The number of methoxy groups -OCH3 is 1. The maximum atomic E-state index is 9.19. The maximum absolute atomic E-state index is 9.19. The van der Waals surface area contributed by atoms with Gasteiger partial charge in [0.1, 0.15) is 11.5 Å². The Morgan fingerprint density at radius 3 is 2.72 bits per heavy atom. The largest absolute Gasteiger partial charge is 0.390 e. The Labute approximate surface area is 104 Å². The summed E-state index contributed by atoms with van der Waals surface area (Å²) in [5, 5.41) is 21.0. The van der Waals surface area contributed by atoms with E-state index in [4.69, 9.17) is 9.26 Å². The third kappa shape index (κ3) is 2.27. The van der Waals surface area contributed by atoms with Crippen molar-refractivity contribution in [2.75, 3.05) is 7.11 Å². The normalized spacial score (nSPS) is 11.1. The van der Waals surface area contributed by atoms with E-state index >= 15 is 0 Å².